The third-order valence-corrected chi connectivity index (χ3v) is 2.79. The van der Waals surface area contributed by atoms with Gasteiger partial charge in [-0.05, 0) is 25.7 Å². The molecule has 0 aromatic carbocycles. The molecule has 0 aliphatic carbocycles. The highest BCUT2D eigenvalue weighted by Gasteiger charge is 2.22. The van der Waals surface area contributed by atoms with Crippen LogP contribution in [0.5, 0.6) is 0 Å². The molecule has 14 heavy (non-hydrogen) atoms. The molecule has 0 spiro atoms. The standard InChI is InChI=1S/C12H28N.HI/c1-5-9-13(10-6-2,11-7-3)12-8-4;/h5-12H2,1-4H3;1H/q+1;. The molecule has 0 saturated carbocycles. The molecule has 1 nitrogen and oxygen atoms in total. The van der Waals surface area contributed by atoms with Crippen molar-refractivity contribution in [1.29, 1.82) is 0 Å². The molecule has 0 heterocycles. The Balaban J connectivity index is 0. The van der Waals surface area contributed by atoms with Crippen molar-refractivity contribution in [3.63, 3.8) is 0 Å². The molecule has 88 valence electrons. The van der Waals surface area contributed by atoms with Crippen molar-refractivity contribution >= 4 is 24.0 Å². The Morgan fingerprint density at radius 3 is 0.929 bits per heavy atom. The zero-order valence-corrected chi connectivity index (χ0v) is 12.8. The molecule has 0 N–H and O–H groups in total. The van der Waals surface area contributed by atoms with Crippen molar-refractivity contribution in [3.05, 3.63) is 0 Å². The molecule has 0 aromatic rings. The molecule has 0 aliphatic rings. The Kier molecular flexibility index (Phi) is 12.5. The lowest BCUT2D eigenvalue weighted by Gasteiger charge is -2.38. The summed E-state index contributed by atoms with van der Waals surface area (Å²) in [4.78, 5) is 0. The molecule has 0 radical (unpaired) electrons. The highest BCUT2D eigenvalue weighted by Crippen LogP contribution is 2.12. The third kappa shape index (κ3) is 6.23. The topological polar surface area (TPSA) is 0 Å². The molecule has 0 amide bonds. The average Bonchev–Trinajstić information content (AvgIpc) is 2.06. The first-order chi connectivity index (χ1) is 6.24. The van der Waals surface area contributed by atoms with E-state index in [1.54, 1.807) is 0 Å². The maximum atomic E-state index is 2.31. The summed E-state index contributed by atoms with van der Waals surface area (Å²) in [5.74, 6) is 0. The summed E-state index contributed by atoms with van der Waals surface area (Å²) < 4.78 is 1.38. The molecule has 0 bridgehead atoms. The Labute approximate surface area is 108 Å². The van der Waals surface area contributed by atoms with Crippen LogP contribution < -0.4 is 0 Å². The SMILES string of the molecule is CCC[N+](CCC)(CCC)CCC.I. The van der Waals surface area contributed by atoms with Crippen LogP contribution in [-0.2, 0) is 0 Å². The second kappa shape index (κ2) is 10.2. The minimum Gasteiger partial charge on any atom is -0.324 e. The fourth-order valence-corrected chi connectivity index (χ4v) is 2.57. The number of rotatable bonds is 8. The highest BCUT2D eigenvalue weighted by atomic mass is 127. The summed E-state index contributed by atoms with van der Waals surface area (Å²) in [5, 5.41) is 0. The maximum absolute atomic E-state index is 2.31. The van der Waals surface area contributed by atoms with Crippen LogP contribution in [0.25, 0.3) is 0 Å². The van der Waals surface area contributed by atoms with Gasteiger partial charge in [0.05, 0.1) is 26.2 Å². The van der Waals surface area contributed by atoms with E-state index in [0.717, 1.165) is 0 Å². The number of halogens is 1. The molecule has 0 aromatic heterocycles. The molecule has 0 aliphatic heterocycles. The highest BCUT2D eigenvalue weighted by molar-refractivity contribution is 14.0. The molecule has 0 unspecified atom stereocenters. The van der Waals surface area contributed by atoms with Crippen LogP contribution in [-0.4, -0.2) is 30.7 Å². The van der Waals surface area contributed by atoms with Gasteiger partial charge < -0.3 is 4.48 Å². The lowest BCUT2D eigenvalue weighted by Crippen LogP contribution is -2.50. The van der Waals surface area contributed by atoms with Gasteiger partial charge in [0, 0.05) is 0 Å². The quantitative estimate of drug-likeness (QED) is 0.468. The normalized spacial score (nSPS) is 11.1. The van der Waals surface area contributed by atoms with Gasteiger partial charge in [-0.15, -0.1) is 24.0 Å². The molecule has 2 heteroatoms. The zero-order valence-electron chi connectivity index (χ0n) is 10.5. The first kappa shape index (κ1) is 17.1. The summed E-state index contributed by atoms with van der Waals surface area (Å²) >= 11 is 0. The minimum absolute atomic E-state index is 0. The Hall–Kier alpha value is 0.690. The van der Waals surface area contributed by atoms with Crippen molar-refractivity contribution in [2.75, 3.05) is 26.2 Å². The van der Waals surface area contributed by atoms with Crippen molar-refractivity contribution in [2.45, 2.75) is 53.4 Å². The number of hydrogen-bond donors (Lipinski definition) is 0. The van der Waals surface area contributed by atoms with Crippen LogP contribution in [0.3, 0.4) is 0 Å². The van der Waals surface area contributed by atoms with E-state index in [-0.39, 0.29) is 24.0 Å². The first-order valence-electron chi connectivity index (χ1n) is 6.09. The lowest BCUT2D eigenvalue weighted by molar-refractivity contribution is -0.928. The van der Waals surface area contributed by atoms with Crippen LogP contribution >= 0.6 is 24.0 Å². The van der Waals surface area contributed by atoms with E-state index in [4.69, 9.17) is 0 Å². The monoisotopic (exact) mass is 314 g/mol. The van der Waals surface area contributed by atoms with Crippen molar-refractivity contribution in [3.8, 4) is 0 Å². The molecular formula is C12H29IN+. The largest absolute Gasteiger partial charge is 0.324 e. The predicted octanol–water partition coefficient (Wildman–Crippen LogP) is 4.06. The van der Waals surface area contributed by atoms with Crippen LogP contribution in [0.1, 0.15) is 53.4 Å². The second-order valence-electron chi connectivity index (χ2n) is 4.24. The Morgan fingerprint density at radius 1 is 0.571 bits per heavy atom. The second-order valence-corrected chi connectivity index (χ2v) is 4.24. The van der Waals surface area contributed by atoms with E-state index >= 15 is 0 Å². The first-order valence-corrected chi connectivity index (χ1v) is 6.09. The molecule has 0 saturated heterocycles. The van der Waals surface area contributed by atoms with Crippen LogP contribution in [0.15, 0.2) is 0 Å². The van der Waals surface area contributed by atoms with Gasteiger partial charge in [0.1, 0.15) is 0 Å². The van der Waals surface area contributed by atoms with Gasteiger partial charge in [0.25, 0.3) is 0 Å². The van der Waals surface area contributed by atoms with Gasteiger partial charge in [-0.3, -0.25) is 0 Å². The fourth-order valence-electron chi connectivity index (χ4n) is 2.57. The fraction of sp³-hybridized carbons (Fsp3) is 1.00. The van der Waals surface area contributed by atoms with Crippen LogP contribution in [0.2, 0.25) is 0 Å². The van der Waals surface area contributed by atoms with E-state index in [0.29, 0.717) is 0 Å². The third-order valence-electron chi connectivity index (χ3n) is 2.79. The molecule has 0 atom stereocenters. The molecular weight excluding hydrogens is 285 g/mol. The molecule has 0 rings (SSSR count). The predicted molar refractivity (Wildman–Crippen MR) is 76.3 cm³/mol. The summed E-state index contributed by atoms with van der Waals surface area (Å²) in [7, 11) is 0. The van der Waals surface area contributed by atoms with Crippen LogP contribution in [0.4, 0.5) is 0 Å². The maximum Gasteiger partial charge on any atom is 0.0783 e. The zero-order chi connectivity index (χ0) is 10.2. The van der Waals surface area contributed by atoms with Gasteiger partial charge in [-0.25, -0.2) is 0 Å². The smallest absolute Gasteiger partial charge is 0.0783 e. The van der Waals surface area contributed by atoms with E-state index < -0.39 is 0 Å². The van der Waals surface area contributed by atoms with E-state index in [9.17, 15) is 0 Å². The Morgan fingerprint density at radius 2 is 0.786 bits per heavy atom. The Bertz CT molecular complexity index is 85.4. The van der Waals surface area contributed by atoms with Crippen molar-refractivity contribution in [1.82, 2.24) is 0 Å². The summed E-state index contributed by atoms with van der Waals surface area (Å²) in [6, 6.07) is 0. The van der Waals surface area contributed by atoms with Gasteiger partial charge in [0.2, 0.25) is 0 Å². The summed E-state index contributed by atoms with van der Waals surface area (Å²) in [6.45, 7) is 14.8. The summed E-state index contributed by atoms with van der Waals surface area (Å²) in [6.07, 6.45) is 5.33. The number of quaternary nitrogens is 1. The van der Waals surface area contributed by atoms with Crippen LogP contribution in [0, 0.1) is 0 Å². The van der Waals surface area contributed by atoms with Crippen molar-refractivity contribution < 1.29 is 4.48 Å². The van der Waals surface area contributed by atoms with E-state index in [2.05, 4.69) is 27.7 Å². The average molecular weight is 314 g/mol. The van der Waals surface area contributed by atoms with Gasteiger partial charge in [-0.2, -0.15) is 0 Å². The van der Waals surface area contributed by atoms with E-state index in [1.165, 1.54) is 56.3 Å². The van der Waals surface area contributed by atoms with Gasteiger partial charge >= 0.3 is 0 Å². The number of hydrogen-bond acceptors (Lipinski definition) is 0. The van der Waals surface area contributed by atoms with E-state index in [1.807, 2.05) is 0 Å². The number of nitrogens with zero attached hydrogens (tertiary/aromatic N) is 1. The molecule has 0 fully saturated rings. The summed E-state index contributed by atoms with van der Waals surface area (Å²) in [5.41, 5.74) is 0. The minimum atomic E-state index is 0. The lowest BCUT2D eigenvalue weighted by atomic mass is 10.2. The van der Waals surface area contributed by atoms with Gasteiger partial charge in [0.15, 0.2) is 0 Å². The van der Waals surface area contributed by atoms with Gasteiger partial charge in [-0.1, -0.05) is 27.7 Å². The van der Waals surface area contributed by atoms with Crippen molar-refractivity contribution in [2.24, 2.45) is 0 Å².